The van der Waals surface area contributed by atoms with Crippen LogP contribution in [0.5, 0.6) is 23.0 Å². The predicted molar refractivity (Wildman–Crippen MR) is 172 cm³/mol. The van der Waals surface area contributed by atoms with E-state index in [9.17, 15) is 42.1 Å². The highest BCUT2D eigenvalue weighted by atomic mass is 35.5. The lowest BCUT2D eigenvalue weighted by molar-refractivity contribution is -0.385. The van der Waals surface area contributed by atoms with Crippen molar-refractivity contribution in [2.24, 2.45) is 0 Å². The third-order valence-electron chi connectivity index (χ3n) is 7.77. The first-order chi connectivity index (χ1) is 23.7. The third kappa shape index (κ3) is 7.20. The maximum absolute atomic E-state index is 14.7. The van der Waals surface area contributed by atoms with E-state index in [-0.39, 0.29) is 70.7 Å². The second-order valence-corrected chi connectivity index (χ2v) is 11.3. The van der Waals surface area contributed by atoms with E-state index in [1.807, 2.05) is 0 Å². The van der Waals surface area contributed by atoms with Crippen molar-refractivity contribution in [2.45, 2.75) is 38.8 Å². The highest BCUT2D eigenvalue weighted by Crippen LogP contribution is 2.42. The van der Waals surface area contributed by atoms with Gasteiger partial charge in [0.05, 0.1) is 40.0 Å². The Morgan fingerprint density at radius 1 is 1.00 bits per heavy atom. The minimum atomic E-state index is -4.52. The van der Waals surface area contributed by atoms with Gasteiger partial charge in [0.2, 0.25) is 5.75 Å². The number of benzene rings is 3. The largest absolute Gasteiger partial charge is 0.487 e. The zero-order chi connectivity index (χ0) is 36.3. The summed E-state index contributed by atoms with van der Waals surface area (Å²) in [6.45, 7) is 1.59. The molecule has 0 aromatic heterocycles. The van der Waals surface area contributed by atoms with Crippen LogP contribution < -0.4 is 24.0 Å². The van der Waals surface area contributed by atoms with Gasteiger partial charge >= 0.3 is 11.9 Å². The molecule has 0 unspecified atom stereocenters. The fourth-order valence-electron chi connectivity index (χ4n) is 5.47. The van der Waals surface area contributed by atoms with Gasteiger partial charge in [-0.1, -0.05) is 17.5 Å². The Kier molecular flexibility index (Phi) is 10.3. The minimum absolute atomic E-state index is 0.0111. The first-order valence-electron chi connectivity index (χ1n) is 15.0. The summed E-state index contributed by atoms with van der Waals surface area (Å²) in [5.74, 6) is 0.526. The van der Waals surface area contributed by atoms with Crippen LogP contribution in [0.4, 0.5) is 34.6 Å². The Labute approximate surface area is 287 Å². The number of alkyl halides is 3. The molecule has 0 bridgehead atoms. The molecule has 2 aliphatic heterocycles. The number of carbonyl (C=O) groups excluding carboxylic acids is 3. The molecular weight excluding hydrogens is 690 g/mol. The topological polar surface area (TPSA) is 129 Å². The lowest BCUT2D eigenvalue weighted by Crippen LogP contribution is -2.39. The van der Waals surface area contributed by atoms with E-state index in [0.29, 0.717) is 24.0 Å². The van der Waals surface area contributed by atoms with Crippen molar-refractivity contribution in [2.75, 3.05) is 29.6 Å². The molecule has 3 amide bonds. The quantitative estimate of drug-likeness (QED) is 0.0815. The number of imide groups is 1. The van der Waals surface area contributed by atoms with Crippen molar-refractivity contribution >= 4 is 46.4 Å². The highest BCUT2D eigenvalue weighted by molar-refractivity contribution is 6.33. The normalized spacial score (nSPS) is 15.4. The molecule has 260 valence electrons. The van der Waals surface area contributed by atoms with Crippen LogP contribution >= 0.6 is 11.6 Å². The van der Waals surface area contributed by atoms with Crippen molar-refractivity contribution in [1.29, 1.82) is 0 Å². The molecule has 0 N–H and O–H groups in total. The average Bonchev–Trinajstić information content (AvgIpc) is 3.32. The summed E-state index contributed by atoms with van der Waals surface area (Å²) in [5.41, 5.74) is -0.159. The number of rotatable bonds is 7. The Morgan fingerprint density at radius 3 is 2.26 bits per heavy atom. The number of hydrogen-bond acceptors (Lipinski definition) is 8. The van der Waals surface area contributed by atoms with Crippen molar-refractivity contribution < 1.29 is 51.1 Å². The molecule has 0 fully saturated rings. The minimum Gasteiger partial charge on any atom is -0.487 e. The molecule has 6 rings (SSSR count). The summed E-state index contributed by atoms with van der Waals surface area (Å²) in [7, 11) is 0. The predicted octanol–water partition coefficient (Wildman–Crippen LogP) is 7.39. The first-order valence-corrected chi connectivity index (χ1v) is 15.4. The molecular formula is C34H26ClF4N3O8. The first kappa shape index (κ1) is 35.7. The van der Waals surface area contributed by atoms with E-state index < -0.39 is 34.3 Å². The van der Waals surface area contributed by atoms with Gasteiger partial charge in [0, 0.05) is 29.3 Å². The van der Waals surface area contributed by atoms with Gasteiger partial charge < -0.3 is 14.2 Å². The second kappa shape index (κ2) is 14.5. The van der Waals surface area contributed by atoms with Crippen molar-refractivity contribution in [3.05, 3.63) is 86.2 Å². The molecule has 1 aliphatic carbocycles. The number of halogens is 5. The van der Waals surface area contributed by atoms with Gasteiger partial charge in [0.25, 0.3) is 17.7 Å². The molecule has 2 heterocycles. The Balaban J connectivity index is 0.000000195. The Morgan fingerprint density at radius 2 is 1.68 bits per heavy atom. The molecule has 11 nitrogen and oxygen atoms in total. The number of amides is 3. The molecule has 0 radical (unpaired) electrons. The second-order valence-electron chi connectivity index (χ2n) is 10.9. The number of nitrogens with zero attached hydrogens (tertiary/aromatic N) is 3. The molecule has 0 saturated heterocycles. The number of terminal acetylenes is 1. The SMILES string of the molecule is C#CCN1C(=O)COc2cc(F)c(N3C(=O)C4=C(CCCC4)C3=O)cc21.CCOc1cc(Oc2ccc(C(F)(F)F)cc2Cl)ccc1[N+](=O)[O-]. The van der Waals surface area contributed by atoms with Crippen LogP contribution in [-0.4, -0.2) is 42.4 Å². The summed E-state index contributed by atoms with van der Waals surface area (Å²) in [6.07, 6.45) is 3.50. The summed E-state index contributed by atoms with van der Waals surface area (Å²) in [6, 6.07) is 8.77. The van der Waals surface area contributed by atoms with E-state index in [2.05, 4.69) is 5.92 Å². The maximum Gasteiger partial charge on any atom is 0.416 e. The standard InChI is InChI=1S/C19H15FN2O4.C15H11ClF3NO4/c1-2-7-21-15-9-14(13(20)8-16(15)26-10-17(21)23)22-18(24)11-5-3-4-6-12(11)19(22)25;1-2-23-14-8-10(4-5-12(14)20(21)22)24-13-6-3-9(7-11(13)16)15(17,18)19/h1,8-9H,3-7,10H2;3-8H,2H2,1H3. The molecule has 16 heteroatoms. The number of ether oxygens (including phenoxy) is 3. The van der Waals surface area contributed by atoms with Crippen molar-refractivity contribution in [3.63, 3.8) is 0 Å². The lowest BCUT2D eigenvalue weighted by atomic mass is 9.93. The summed E-state index contributed by atoms with van der Waals surface area (Å²) < 4.78 is 68.3. The molecule has 3 aromatic rings. The number of hydrogen-bond donors (Lipinski definition) is 0. The van der Waals surface area contributed by atoms with E-state index in [4.69, 9.17) is 32.2 Å². The third-order valence-corrected chi connectivity index (χ3v) is 8.06. The Bertz CT molecular complexity index is 1950. The maximum atomic E-state index is 14.7. The van der Waals surface area contributed by atoms with Crippen LogP contribution in [0.2, 0.25) is 5.02 Å². The van der Waals surface area contributed by atoms with Crippen LogP contribution in [0.3, 0.4) is 0 Å². The molecule has 0 atom stereocenters. The van der Waals surface area contributed by atoms with Gasteiger partial charge in [-0.25, -0.2) is 9.29 Å². The van der Waals surface area contributed by atoms with E-state index in [0.717, 1.165) is 42.0 Å². The van der Waals surface area contributed by atoms with Gasteiger partial charge in [-0.3, -0.25) is 29.4 Å². The summed E-state index contributed by atoms with van der Waals surface area (Å²) in [5, 5.41) is 10.7. The van der Waals surface area contributed by atoms with E-state index in [1.165, 1.54) is 29.2 Å². The zero-order valence-electron chi connectivity index (χ0n) is 26.1. The molecule has 3 aliphatic rings. The van der Waals surface area contributed by atoms with Gasteiger partial charge in [-0.15, -0.1) is 6.42 Å². The highest BCUT2D eigenvalue weighted by Gasteiger charge is 2.42. The molecule has 50 heavy (non-hydrogen) atoms. The number of anilines is 2. The van der Waals surface area contributed by atoms with Gasteiger partial charge in [0.15, 0.2) is 12.4 Å². The fourth-order valence-corrected chi connectivity index (χ4v) is 5.69. The monoisotopic (exact) mass is 715 g/mol. The van der Waals surface area contributed by atoms with Crippen LogP contribution in [-0.2, 0) is 20.6 Å². The van der Waals surface area contributed by atoms with Crippen LogP contribution in [0.15, 0.2) is 59.7 Å². The van der Waals surface area contributed by atoms with Gasteiger partial charge in [-0.2, -0.15) is 13.2 Å². The number of carbonyl (C=O) groups is 3. The van der Waals surface area contributed by atoms with Crippen molar-refractivity contribution in [3.8, 4) is 35.3 Å². The number of nitro benzene ring substituents is 1. The Hall–Kier alpha value is -5.62. The fraction of sp³-hybridized carbons (Fsp3) is 0.265. The van der Waals surface area contributed by atoms with Crippen LogP contribution in [0.1, 0.15) is 38.2 Å². The molecule has 3 aromatic carbocycles. The average molecular weight is 716 g/mol. The zero-order valence-corrected chi connectivity index (χ0v) is 26.9. The van der Waals surface area contributed by atoms with E-state index >= 15 is 0 Å². The lowest BCUT2D eigenvalue weighted by Gasteiger charge is -2.29. The van der Waals surface area contributed by atoms with Gasteiger partial charge in [-0.05, 0) is 62.9 Å². The van der Waals surface area contributed by atoms with Crippen LogP contribution in [0, 0.1) is 28.3 Å². The molecule has 0 spiro atoms. The number of fused-ring (bicyclic) bond motifs is 1. The summed E-state index contributed by atoms with van der Waals surface area (Å²) in [4.78, 5) is 49.8. The summed E-state index contributed by atoms with van der Waals surface area (Å²) >= 11 is 5.80. The van der Waals surface area contributed by atoms with Crippen LogP contribution in [0.25, 0.3) is 0 Å². The van der Waals surface area contributed by atoms with E-state index in [1.54, 1.807) is 6.92 Å². The van der Waals surface area contributed by atoms with Crippen molar-refractivity contribution in [1.82, 2.24) is 0 Å². The van der Waals surface area contributed by atoms with Gasteiger partial charge in [0.1, 0.15) is 17.2 Å². The number of nitro groups is 1. The molecule has 0 saturated carbocycles. The smallest absolute Gasteiger partial charge is 0.416 e.